The third-order valence-electron chi connectivity index (χ3n) is 3.40. The summed E-state index contributed by atoms with van der Waals surface area (Å²) in [5.41, 5.74) is 0. The Balaban J connectivity index is 2.46. The second kappa shape index (κ2) is 6.52. The zero-order valence-corrected chi connectivity index (χ0v) is 13.6. The molecule has 1 aromatic carbocycles. The van der Waals surface area contributed by atoms with Crippen molar-refractivity contribution in [3.8, 4) is 5.75 Å². The monoisotopic (exact) mass is 337 g/mol. The molecule has 0 radical (unpaired) electrons. The first-order chi connectivity index (χ1) is 9.48. The fourth-order valence-electron chi connectivity index (χ4n) is 2.33. The van der Waals surface area contributed by atoms with Gasteiger partial charge < -0.3 is 4.74 Å². The van der Waals surface area contributed by atoms with Crippen molar-refractivity contribution in [3.05, 3.63) is 22.2 Å². The molecule has 1 heterocycles. The first-order valence-electron chi connectivity index (χ1n) is 6.50. The molecule has 1 aliphatic rings. The van der Waals surface area contributed by atoms with Crippen LogP contribution in [-0.4, -0.2) is 32.9 Å². The molecule has 7 heteroatoms. The standard InChI is InChI=1S/C13H17Cl2NO3S/c1-19-13-11(7-6-10(14)12(13)15)20(17,18)16-8-4-2-3-5-9-16/h6-7H,2-5,8-9H2,1H3. The van der Waals surface area contributed by atoms with Crippen LogP contribution in [-0.2, 0) is 10.0 Å². The molecular formula is C13H17Cl2NO3S. The van der Waals surface area contributed by atoms with E-state index in [-0.39, 0.29) is 20.7 Å². The molecule has 20 heavy (non-hydrogen) atoms. The second-order valence-corrected chi connectivity index (χ2v) is 7.40. The Morgan fingerprint density at radius 2 is 1.70 bits per heavy atom. The highest BCUT2D eigenvalue weighted by Gasteiger charge is 2.29. The van der Waals surface area contributed by atoms with Gasteiger partial charge >= 0.3 is 0 Å². The van der Waals surface area contributed by atoms with E-state index in [0.717, 1.165) is 25.7 Å². The topological polar surface area (TPSA) is 46.6 Å². The van der Waals surface area contributed by atoms with Crippen molar-refractivity contribution in [1.29, 1.82) is 0 Å². The molecule has 0 saturated carbocycles. The molecule has 112 valence electrons. The molecule has 1 aromatic rings. The van der Waals surface area contributed by atoms with Gasteiger partial charge in [0.25, 0.3) is 0 Å². The van der Waals surface area contributed by atoms with E-state index in [9.17, 15) is 8.42 Å². The maximum absolute atomic E-state index is 12.7. The van der Waals surface area contributed by atoms with Crippen LogP contribution >= 0.6 is 23.2 Å². The summed E-state index contributed by atoms with van der Waals surface area (Å²) in [6, 6.07) is 2.93. The number of halogens is 2. The zero-order valence-electron chi connectivity index (χ0n) is 11.2. The van der Waals surface area contributed by atoms with Gasteiger partial charge in [0.15, 0.2) is 5.75 Å². The Hall–Kier alpha value is -0.490. The lowest BCUT2D eigenvalue weighted by molar-refractivity contribution is 0.392. The lowest BCUT2D eigenvalue weighted by Crippen LogP contribution is -2.32. The maximum atomic E-state index is 12.7. The van der Waals surface area contributed by atoms with Crippen molar-refractivity contribution in [2.24, 2.45) is 0 Å². The molecule has 0 N–H and O–H groups in total. The lowest BCUT2D eigenvalue weighted by atomic mass is 10.2. The lowest BCUT2D eigenvalue weighted by Gasteiger charge is -2.21. The van der Waals surface area contributed by atoms with Crippen LogP contribution in [0.15, 0.2) is 17.0 Å². The van der Waals surface area contributed by atoms with E-state index in [1.807, 2.05) is 0 Å². The zero-order chi connectivity index (χ0) is 14.8. The smallest absolute Gasteiger partial charge is 0.246 e. The largest absolute Gasteiger partial charge is 0.494 e. The molecule has 0 bridgehead atoms. The number of hydrogen-bond acceptors (Lipinski definition) is 3. The van der Waals surface area contributed by atoms with E-state index in [1.54, 1.807) is 0 Å². The molecule has 4 nitrogen and oxygen atoms in total. The van der Waals surface area contributed by atoms with Gasteiger partial charge in [-0.15, -0.1) is 0 Å². The van der Waals surface area contributed by atoms with Crippen LogP contribution in [0.3, 0.4) is 0 Å². The Morgan fingerprint density at radius 1 is 1.10 bits per heavy atom. The van der Waals surface area contributed by atoms with Crippen LogP contribution in [0, 0.1) is 0 Å². The summed E-state index contributed by atoms with van der Waals surface area (Å²) in [6.07, 6.45) is 3.88. The Kier molecular flexibility index (Phi) is 5.18. The SMILES string of the molecule is COc1c(S(=O)(=O)N2CCCCCC2)ccc(Cl)c1Cl. The van der Waals surface area contributed by atoms with Crippen molar-refractivity contribution in [3.63, 3.8) is 0 Å². The number of ether oxygens (including phenoxy) is 1. The summed E-state index contributed by atoms with van der Waals surface area (Å²) in [4.78, 5) is 0.0799. The number of benzene rings is 1. The summed E-state index contributed by atoms with van der Waals surface area (Å²) >= 11 is 11.9. The van der Waals surface area contributed by atoms with E-state index in [0.29, 0.717) is 13.1 Å². The van der Waals surface area contributed by atoms with Crippen molar-refractivity contribution in [2.75, 3.05) is 20.2 Å². The van der Waals surface area contributed by atoms with Gasteiger partial charge in [-0.1, -0.05) is 36.0 Å². The molecule has 1 fully saturated rings. The summed E-state index contributed by atoms with van der Waals surface area (Å²) in [5, 5.41) is 0.406. The van der Waals surface area contributed by atoms with Crippen LogP contribution in [0.4, 0.5) is 0 Å². The van der Waals surface area contributed by atoms with E-state index in [1.165, 1.54) is 23.5 Å². The van der Waals surface area contributed by atoms with Gasteiger partial charge in [-0.25, -0.2) is 8.42 Å². The molecule has 0 aromatic heterocycles. The number of hydrogen-bond donors (Lipinski definition) is 0. The molecule has 1 aliphatic heterocycles. The normalized spacial score (nSPS) is 17.8. The highest BCUT2D eigenvalue weighted by Crippen LogP contribution is 2.38. The fourth-order valence-corrected chi connectivity index (χ4v) is 4.45. The predicted octanol–water partition coefficient (Wildman–Crippen LogP) is 3.57. The third kappa shape index (κ3) is 3.06. The minimum Gasteiger partial charge on any atom is -0.494 e. The predicted molar refractivity (Wildman–Crippen MR) is 80.2 cm³/mol. The van der Waals surface area contributed by atoms with E-state index >= 15 is 0 Å². The van der Waals surface area contributed by atoms with Gasteiger partial charge in [-0.3, -0.25) is 0 Å². The van der Waals surface area contributed by atoms with E-state index in [2.05, 4.69) is 0 Å². The van der Waals surface area contributed by atoms with Crippen LogP contribution in [0.25, 0.3) is 0 Å². The molecule has 0 unspecified atom stereocenters. The molecular weight excluding hydrogens is 321 g/mol. The van der Waals surface area contributed by atoms with Gasteiger partial charge in [0.05, 0.1) is 12.1 Å². The highest BCUT2D eigenvalue weighted by atomic mass is 35.5. The molecule has 2 rings (SSSR count). The van der Waals surface area contributed by atoms with Crippen molar-refractivity contribution >= 4 is 33.2 Å². The maximum Gasteiger partial charge on any atom is 0.246 e. The van der Waals surface area contributed by atoms with Crippen LogP contribution < -0.4 is 4.74 Å². The minimum atomic E-state index is -3.60. The average Bonchev–Trinajstić information content (AvgIpc) is 2.70. The van der Waals surface area contributed by atoms with Crippen molar-refractivity contribution < 1.29 is 13.2 Å². The summed E-state index contributed by atoms with van der Waals surface area (Å²) in [7, 11) is -2.21. The third-order valence-corrected chi connectivity index (χ3v) is 6.11. The molecule has 0 spiro atoms. The van der Waals surface area contributed by atoms with Gasteiger partial charge in [-0.2, -0.15) is 4.31 Å². The first kappa shape index (κ1) is 15.9. The first-order valence-corrected chi connectivity index (χ1v) is 8.70. The summed E-state index contributed by atoms with van der Waals surface area (Å²) in [6.45, 7) is 1.07. The number of rotatable bonds is 3. The molecule has 0 amide bonds. The van der Waals surface area contributed by atoms with Crippen LogP contribution in [0.1, 0.15) is 25.7 Å². The minimum absolute atomic E-state index is 0.0799. The Morgan fingerprint density at radius 3 is 2.25 bits per heavy atom. The number of methoxy groups -OCH3 is 1. The molecule has 1 saturated heterocycles. The van der Waals surface area contributed by atoms with Gasteiger partial charge in [0.2, 0.25) is 10.0 Å². The number of nitrogens with zero attached hydrogens (tertiary/aromatic N) is 1. The van der Waals surface area contributed by atoms with Crippen LogP contribution in [0.5, 0.6) is 5.75 Å². The highest BCUT2D eigenvalue weighted by molar-refractivity contribution is 7.89. The molecule has 0 aliphatic carbocycles. The summed E-state index contributed by atoms with van der Waals surface area (Å²) in [5.74, 6) is 0.114. The van der Waals surface area contributed by atoms with Gasteiger partial charge in [0, 0.05) is 13.1 Å². The van der Waals surface area contributed by atoms with E-state index < -0.39 is 10.0 Å². The number of sulfonamides is 1. The van der Waals surface area contributed by atoms with Gasteiger partial charge in [-0.05, 0) is 25.0 Å². The quantitative estimate of drug-likeness (QED) is 0.846. The molecule has 0 atom stereocenters. The second-order valence-electron chi connectivity index (χ2n) is 4.71. The Labute approximate surface area is 129 Å². The fraction of sp³-hybridized carbons (Fsp3) is 0.538. The Bertz CT molecular complexity index is 582. The average molecular weight is 338 g/mol. The summed E-state index contributed by atoms with van der Waals surface area (Å²) < 4.78 is 32.1. The van der Waals surface area contributed by atoms with Crippen LogP contribution in [0.2, 0.25) is 10.0 Å². The van der Waals surface area contributed by atoms with E-state index in [4.69, 9.17) is 27.9 Å². The van der Waals surface area contributed by atoms with Crippen molar-refractivity contribution in [2.45, 2.75) is 30.6 Å². The van der Waals surface area contributed by atoms with Crippen molar-refractivity contribution in [1.82, 2.24) is 4.31 Å². The van der Waals surface area contributed by atoms with Gasteiger partial charge in [0.1, 0.15) is 9.92 Å².